The summed E-state index contributed by atoms with van der Waals surface area (Å²) >= 11 is 0. The molecule has 0 atom stereocenters. The van der Waals surface area contributed by atoms with Crippen LogP contribution in [0.3, 0.4) is 0 Å². The van der Waals surface area contributed by atoms with E-state index in [1.807, 2.05) is 0 Å². The Balaban J connectivity index is 1.74. The molecule has 3 rings (SSSR count). The van der Waals surface area contributed by atoms with Crippen molar-refractivity contribution >= 4 is 17.3 Å². The second-order valence-electron chi connectivity index (χ2n) is 6.40. The molecule has 0 saturated heterocycles. The van der Waals surface area contributed by atoms with Gasteiger partial charge in [-0.25, -0.2) is 18.7 Å². The van der Waals surface area contributed by atoms with Crippen LogP contribution in [0.1, 0.15) is 24.1 Å². The number of benzene rings is 1. The molecule has 0 aliphatic heterocycles. The van der Waals surface area contributed by atoms with Crippen LogP contribution in [-0.2, 0) is 17.9 Å². The fourth-order valence-electron chi connectivity index (χ4n) is 2.52. The maximum absolute atomic E-state index is 14.0. The molecule has 0 unspecified atom stereocenters. The fourth-order valence-corrected chi connectivity index (χ4v) is 2.52. The maximum Gasteiger partial charge on any atom is 0.280 e. The Kier molecular flexibility index (Phi) is 6.65. The highest BCUT2D eigenvalue weighted by molar-refractivity contribution is 6.09. The fraction of sp³-hybridized carbons (Fsp3) is 0.150. The highest BCUT2D eigenvalue weighted by Crippen LogP contribution is 2.12. The summed E-state index contributed by atoms with van der Waals surface area (Å²) < 4.78 is 32.6. The lowest BCUT2D eigenvalue weighted by atomic mass is 10.2. The predicted octanol–water partition coefficient (Wildman–Crippen LogP) is 2.28. The lowest BCUT2D eigenvalue weighted by Crippen LogP contribution is -2.21. The van der Waals surface area contributed by atoms with Gasteiger partial charge in [0, 0.05) is 25.1 Å². The van der Waals surface area contributed by atoms with Crippen molar-refractivity contribution in [2.75, 3.05) is 5.32 Å². The second kappa shape index (κ2) is 9.57. The first-order valence-corrected chi connectivity index (χ1v) is 9.06. The Bertz CT molecular complexity index is 1200. The topological polar surface area (TPSA) is 137 Å². The number of nitrogens with one attached hydrogen (secondary N) is 4. The van der Waals surface area contributed by atoms with Gasteiger partial charge in [0.25, 0.3) is 5.56 Å². The van der Waals surface area contributed by atoms with Crippen molar-refractivity contribution in [1.82, 2.24) is 20.4 Å². The minimum atomic E-state index is -0.775. The number of Topliss-reactive ketones (excluding diaryl/α,β-unsaturated/α-hetero) is 1. The number of halogens is 2. The van der Waals surface area contributed by atoms with Gasteiger partial charge in [0.05, 0.1) is 18.4 Å². The van der Waals surface area contributed by atoms with E-state index in [-0.39, 0.29) is 47.7 Å². The van der Waals surface area contributed by atoms with E-state index in [1.54, 1.807) is 18.2 Å². The molecule has 3 aromatic rings. The van der Waals surface area contributed by atoms with Crippen molar-refractivity contribution in [1.29, 1.82) is 5.41 Å². The van der Waals surface area contributed by atoms with Crippen molar-refractivity contribution in [2.24, 2.45) is 0 Å². The minimum Gasteiger partial charge on any atom is -0.382 e. The van der Waals surface area contributed by atoms with Gasteiger partial charge >= 0.3 is 0 Å². The molecular formula is C20H18F2N6O3. The lowest BCUT2D eigenvalue weighted by molar-refractivity contribution is -0.114. The number of nitrogens with zero attached hydrogens (tertiary/aromatic N) is 2. The number of ketones is 1. The van der Waals surface area contributed by atoms with Gasteiger partial charge in [-0.2, -0.15) is 5.16 Å². The summed E-state index contributed by atoms with van der Waals surface area (Å²) in [6.07, 6.45) is 2.06. The number of H-pyrrole nitrogens is 1. The zero-order chi connectivity index (χ0) is 22.4. The van der Waals surface area contributed by atoms with Crippen LogP contribution in [0.4, 0.5) is 14.6 Å². The monoisotopic (exact) mass is 428 g/mol. The lowest BCUT2D eigenvalue weighted by Gasteiger charge is -2.10. The summed E-state index contributed by atoms with van der Waals surface area (Å²) in [6.45, 7) is 1.29. The van der Waals surface area contributed by atoms with Gasteiger partial charge in [-0.3, -0.25) is 15.0 Å². The second-order valence-corrected chi connectivity index (χ2v) is 6.40. The van der Waals surface area contributed by atoms with Crippen LogP contribution >= 0.6 is 0 Å². The number of aromatic nitrogens is 3. The number of hydrogen-bond donors (Lipinski definition) is 4. The third-order valence-corrected chi connectivity index (χ3v) is 4.08. The van der Waals surface area contributed by atoms with Gasteiger partial charge in [0.2, 0.25) is 0 Å². The molecule has 160 valence electrons. The highest BCUT2D eigenvalue weighted by Gasteiger charge is 2.13. The molecule has 31 heavy (non-hydrogen) atoms. The number of hydrogen-bond acceptors (Lipinski definition) is 8. The van der Waals surface area contributed by atoms with Crippen LogP contribution in [0.2, 0.25) is 0 Å². The van der Waals surface area contributed by atoms with Crippen LogP contribution in [0.5, 0.6) is 0 Å². The van der Waals surface area contributed by atoms with Crippen LogP contribution < -0.4 is 16.2 Å². The number of aromatic amines is 1. The average Bonchev–Trinajstić information content (AvgIpc) is 3.16. The molecular weight excluding hydrogens is 410 g/mol. The minimum absolute atomic E-state index is 0.0296. The Morgan fingerprint density at radius 1 is 1.26 bits per heavy atom. The largest absolute Gasteiger partial charge is 0.382 e. The summed E-state index contributed by atoms with van der Waals surface area (Å²) in [5.74, 6) is -1.71. The summed E-state index contributed by atoms with van der Waals surface area (Å²) in [5, 5.41) is 15.7. The number of carbonyl (C=O) groups excluding carboxylic acids is 1. The van der Waals surface area contributed by atoms with Crippen molar-refractivity contribution in [2.45, 2.75) is 20.0 Å². The SMILES string of the molecule is CC(=O)/C(=C/C(=N)c1ncc(F)c(NCc2cc(=O)[nH]o2)n1)NCc1ccccc1F. The first-order valence-electron chi connectivity index (χ1n) is 9.06. The van der Waals surface area contributed by atoms with Crippen molar-refractivity contribution < 1.29 is 18.1 Å². The van der Waals surface area contributed by atoms with Gasteiger partial charge in [-0.1, -0.05) is 18.2 Å². The standard InChI is InChI=1S/C20H18F2N6O3/c1-11(29)17(24-8-12-4-2-3-5-14(12)21)7-16(23)20-26-10-15(22)19(27-20)25-9-13-6-18(30)28-31-13/h2-7,10,23-24H,8-9H2,1H3,(H,28,30)(H,25,26,27)/b17-7-,23-16?. The zero-order valence-corrected chi connectivity index (χ0v) is 16.3. The van der Waals surface area contributed by atoms with Crippen LogP contribution in [0, 0.1) is 17.0 Å². The van der Waals surface area contributed by atoms with E-state index in [1.165, 1.54) is 25.1 Å². The molecule has 9 nitrogen and oxygen atoms in total. The maximum atomic E-state index is 14.0. The molecule has 0 aliphatic carbocycles. The molecule has 0 saturated carbocycles. The molecule has 2 heterocycles. The smallest absolute Gasteiger partial charge is 0.280 e. The van der Waals surface area contributed by atoms with E-state index in [2.05, 4.69) is 25.8 Å². The summed E-state index contributed by atoms with van der Waals surface area (Å²) in [6, 6.07) is 7.28. The van der Waals surface area contributed by atoms with E-state index in [9.17, 15) is 18.4 Å². The third-order valence-electron chi connectivity index (χ3n) is 4.08. The van der Waals surface area contributed by atoms with E-state index in [0.717, 1.165) is 6.20 Å². The number of carbonyl (C=O) groups is 1. The van der Waals surface area contributed by atoms with E-state index in [4.69, 9.17) is 9.93 Å². The molecule has 1 aromatic carbocycles. The molecule has 2 aromatic heterocycles. The van der Waals surface area contributed by atoms with E-state index in [0.29, 0.717) is 5.56 Å². The van der Waals surface area contributed by atoms with Crippen molar-refractivity contribution in [3.05, 3.63) is 87.4 Å². The Hall–Kier alpha value is -4.15. The molecule has 0 aliphatic rings. The van der Waals surface area contributed by atoms with Crippen LogP contribution in [-0.4, -0.2) is 26.6 Å². The summed E-state index contributed by atoms with van der Waals surface area (Å²) in [7, 11) is 0. The average molecular weight is 428 g/mol. The van der Waals surface area contributed by atoms with Gasteiger partial charge in [-0.05, 0) is 12.1 Å². The van der Waals surface area contributed by atoms with Crippen LogP contribution in [0.15, 0.2) is 57.6 Å². The molecule has 0 fully saturated rings. The molecule has 0 spiro atoms. The van der Waals surface area contributed by atoms with Crippen molar-refractivity contribution in [3.8, 4) is 0 Å². The van der Waals surface area contributed by atoms with Crippen molar-refractivity contribution in [3.63, 3.8) is 0 Å². The van der Waals surface area contributed by atoms with Gasteiger partial charge in [0.15, 0.2) is 29.0 Å². The predicted molar refractivity (Wildman–Crippen MR) is 107 cm³/mol. The molecule has 11 heteroatoms. The molecule has 0 bridgehead atoms. The molecule has 0 radical (unpaired) electrons. The first-order chi connectivity index (χ1) is 14.8. The quantitative estimate of drug-likeness (QED) is 0.303. The molecule has 0 amide bonds. The number of allylic oxidation sites excluding steroid dienone is 2. The summed E-state index contributed by atoms with van der Waals surface area (Å²) in [4.78, 5) is 30.7. The first kappa shape index (κ1) is 21.6. The van der Waals surface area contributed by atoms with E-state index >= 15 is 0 Å². The number of rotatable bonds is 9. The van der Waals surface area contributed by atoms with Crippen LogP contribution in [0.25, 0.3) is 0 Å². The Labute approximate surface area is 174 Å². The third kappa shape index (κ3) is 5.69. The van der Waals surface area contributed by atoms with Gasteiger partial charge < -0.3 is 15.2 Å². The number of anilines is 1. The van der Waals surface area contributed by atoms with E-state index < -0.39 is 17.2 Å². The Morgan fingerprint density at radius 2 is 2.03 bits per heavy atom. The zero-order valence-electron chi connectivity index (χ0n) is 16.3. The Morgan fingerprint density at radius 3 is 2.71 bits per heavy atom. The molecule has 4 N–H and O–H groups in total. The highest BCUT2D eigenvalue weighted by atomic mass is 19.1. The van der Waals surface area contributed by atoms with Gasteiger partial charge in [0.1, 0.15) is 11.5 Å². The summed E-state index contributed by atoms with van der Waals surface area (Å²) in [5.41, 5.74) is -0.304. The normalized spacial score (nSPS) is 11.3. The van der Waals surface area contributed by atoms with Gasteiger partial charge in [-0.15, -0.1) is 0 Å².